The van der Waals surface area contributed by atoms with Crippen molar-refractivity contribution in [1.82, 2.24) is 9.88 Å². The van der Waals surface area contributed by atoms with Gasteiger partial charge < -0.3 is 40.3 Å². The average Bonchev–Trinajstić information content (AvgIpc) is 4.11. The first-order valence-corrected chi connectivity index (χ1v) is 19.4. The Hall–Kier alpha value is -3.09. The lowest BCUT2D eigenvalue weighted by atomic mass is 9.84. The molecule has 0 saturated heterocycles. The van der Waals surface area contributed by atoms with Gasteiger partial charge in [-0.3, -0.25) is 9.78 Å². The van der Waals surface area contributed by atoms with Gasteiger partial charge in [0.2, 0.25) is 5.91 Å². The molecule has 3 aromatic rings. The molecule has 2 saturated carbocycles. The second-order valence-corrected chi connectivity index (χ2v) is 16.5. The Bertz CT molecular complexity index is 1660. The molecule has 5 atom stereocenters. The molecule has 1 amide bonds. The third kappa shape index (κ3) is 10.8. The number of para-hydroxylation sites is 1. The average molecular weight is 753 g/mol. The van der Waals surface area contributed by atoms with Crippen molar-refractivity contribution >= 4 is 17.5 Å². The quantitative estimate of drug-likeness (QED) is 0.0863. The summed E-state index contributed by atoms with van der Waals surface area (Å²) in [6, 6.07) is 16.6. The summed E-state index contributed by atoms with van der Waals surface area (Å²) in [5.41, 5.74) is 5.14. The molecule has 2 aromatic carbocycles. The number of hydrogen-bond acceptors (Lipinski definition) is 9. The van der Waals surface area contributed by atoms with Crippen molar-refractivity contribution in [1.29, 1.82) is 0 Å². The molecule has 5 rings (SSSR count). The molecule has 2 aliphatic carbocycles. The molecule has 11 heteroatoms. The predicted molar refractivity (Wildman–Crippen MR) is 205 cm³/mol. The van der Waals surface area contributed by atoms with E-state index in [2.05, 4.69) is 42.2 Å². The number of aliphatic hydroxyl groups excluding tert-OH is 6. The Morgan fingerprint density at radius 1 is 1.02 bits per heavy atom. The van der Waals surface area contributed by atoms with Crippen LogP contribution in [0, 0.1) is 5.41 Å². The van der Waals surface area contributed by atoms with Crippen molar-refractivity contribution in [2.75, 3.05) is 26.3 Å². The lowest BCUT2D eigenvalue weighted by Crippen LogP contribution is -2.52. The molecule has 1 aromatic heterocycles. The highest BCUT2D eigenvalue weighted by Gasteiger charge is 2.45. The van der Waals surface area contributed by atoms with Crippen LogP contribution in [0.1, 0.15) is 94.7 Å². The molecule has 1 unspecified atom stereocenters. The van der Waals surface area contributed by atoms with Crippen LogP contribution in [-0.4, -0.2) is 103 Å². The maximum atomic E-state index is 13.4. The molecule has 0 spiro atoms. The van der Waals surface area contributed by atoms with Crippen molar-refractivity contribution in [2.45, 2.75) is 120 Å². The molecule has 1 heterocycles. The van der Waals surface area contributed by atoms with Crippen molar-refractivity contribution in [3.8, 4) is 16.9 Å². The minimum atomic E-state index is -1.79. The van der Waals surface area contributed by atoms with E-state index in [-0.39, 0.29) is 43.4 Å². The number of benzene rings is 2. The van der Waals surface area contributed by atoms with Crippen molar-refractivity contribution < 1.29 is 40.2 Å². The second kappa shape index (κ2) is 18.0. The second-order valence-electron chi connectivity index (χ2n) is 16.1. The van der Waals surface area contributed by atoms with Crippen LogP contribution >= 0.6 is 11.6 Å². The Balaban J connectivity index is 1.20. The number of halogens is 1. The number of rotatable bonds is 21. The molecule has 53 heavy (non-hydrogen) atoms. The van der Waals surface area contributed by atoms with E-state index in [0.29, 0.717) is 12.5 Å². The van der Waals surface area contributed by atoms with E-state index >= 15 is 0 Å². The number of aromatic nitrogens is 1. The number of carbonyl (C=O) groups excluding carboxylic acids is 1. The van der Waals surface area contributed by atoms with E-state index in [1.165, 1.54) is 16.0 Å². The summed E-state index contributed by atoms with van der Waals surface area (Å²) in [5, 5.41) is 60.5. The van der Waals surface area contributed by atoms with Gasteiger partial charge in [-0.1, -0.05) is 62.7 Å². The van der Waals surface area contributed by atoms with Gasteiger partial charge in [-0.05, 0) is 103 Å². The van der Waals surface area contributed by atoms with E-state index in [9.17, 15) is 30.3 Å². The van der Waals surface area contributed by atoms with Gasteiger partial charge in [-0.2, -0.15) is 0 Å². The minimum Gasteiger partial charge on any atom is -0.490 e. The van der Waals surface area contributed by atoms with Crippen LogP contribution in [0.2, 0.25) is 5.02 Å². The lowest BCUT2D eigenvalue weighted by Gasteiger charge is -2.35. The van der Waals surface area contributed by atoms with E-state index in [1.807, 2.05) is 30.6 Å². The van der Waals surface area contributed by atoms with Crippen LogP contribution in [0.15, 0.2) is 60.9 Å². The summed E-state index contributed by atoms with van der Waals surface area (Å²) in [6.07, 6.45) is 5.02. The summed E-state index contributed by atoms with van der Waals surface area (Å²) >= 11 is 6.78. The van der Waals surface area contributed by atoms with Gasteiger partial charge in [0.15, 0.2) is 0 Å². The Morgan fingerprint density at radius 3 is 2.42 bits per heavy atom. The fraction of sp³-hybridized carbons (Fsp3) is 0.571. The number of amides is 1. The number of hydrogen-bond donors (Lipinski definition) is 6. The number of aliphatic hydroxyl groups is 6. The van der Waals surface area contributed by atoms with Gasteiger partial charge >= 0.3 is 0 Å². The van der Waals surface area contributed by atoms with Gasteiger partial charge in [0, 0.05) is 54.5 Å². The van der Waals surface area contributed by atoms with Crippen LogP contribution in [0.25, 0.3) is 11.1 Å². The molecule has 290 valence electrons. The Morgan fingerprint density at radius 2 is 1.74 bits per heavy atom. The number of carbonyl (C=O) groups is 1. The van der Waals surface area contributed by atoms with Gasteiger partial charge in [0.1, 0.15) is 30.2 Å². The third-order valence-electron chi connectivity index (χ3n) is 10.9. The van der Waals surface area contributed by atoms with Crippen LogP contribution in [0.4, 0.5) is 0 Å². The fourth-order valence-corrected chi connectivity index (χ4v) is 7.30. The first-order chi connectivity index (χ1) is 25.3. The van der Waals surface area contributed by atoms with Crippen molar-refractivity contribution in [2.24, 2.45) is 5.41 Å². The van der Waals surface area contributed by atoms with E-state index < -0.39 is 36.4 Å². The highest BCUT2D eigenvalue weighted by molar-refractivity contribution is 6.31. The summed E-state index contributed by atoms with van der Waals surface area (Å²) < 4.78 is 6.29. The normalized spacial score (nSPS) is 18.2. The van der Waals surface area contributed by atoms with E-state index in [1.54, 1.807) is 13.8 Å². The summed E-state index contributed by atoms with van der Waals surface area (Å²) in [4.78, 5) is 19.4. The van der Waals surface area contributed by atoms with Crippen LogP contribution in [0.5, 0.6) is 5.75 Å². The molecule has 0 bridgehead atoms. The highest BCUT2D eigenvalue weighted by Crippen LogP contribution is 2.55. The van der Waals surface area contributed by atoms with Gasteiger partial charge in [-0.25, -0.2) is 0 Å². The molecular weight excluding hydrogens is 696 g/mol. The van der Waals surface area contributed by atoms with Crippen LogP contribution in [-0.2, 0) is 16.6 Å². The Labute approximate surface area is 318 Å². The smallest absolute Gasteiger partial charge is 0.222 e. The lowest BCUT2D eigenvalue weighted by molar-refractivity contribution is -0.142. The maximum absolute atomic E-state index is 13.4. The first kappa shape index (κ1) is 41.1. The maximum Gasteiger partial charge on any atom is 0.222 e. The fourth-order valence-electron chi connectivity index (χ4n) is 7.08. The molecule has 2 aliphatic rings. The zero-order valence-corrected chi connectivity index (χ0v) is 32.0. The predicted octanol–water partition coefficient (Wildman–Crippen LogP) is 5.16. The van der Waals surface area contributed by atoms with Gasteiger partial charge in [-0.15, -0.1) is 0 Å². The standard InChI is InChI=1S/C42H57ClN2O8/c1-27(7-6-10-38(50)45(25-41(2,3)26-47)23-35(48)39(51)40(52)36(49)24-46)28-11-14-34(43)29(21-28)15-17-42(18-19-42)33-22-44-20-16-31(33)32-8-4-5-9-37(32)53-30-12-13-30/h4-5,8-9,11,14,16,20-22,27,30,35-36,39-40,46-49,51-52H,6-7,10,12-13,15,17-19,23-26H2,1-3H3/t27?,35-,36+,39+,40+/m1/s1. The Kier molecular flexibility index (Phi) is 14.0. The SMILES string of the molecule is CC(CCCC(=O)N(C[C@@H](O)[C@H](O)[C@@H](O)[C@@H](O)CO)CC(C)(C)CO)c1ccc(Cl)c(CCC2(c3cnccc3-c3ccccc3OC3CC3)CC2)c1. The molecule has 0 radical (unpaired) electrons. The van der Waals surface area contributed by atoms with E-state index in [4.69, 9.17) is 21.4 Å². The topological polar surface area (TPSA) is 164 Å². The van der Waals surface area contributed by atoms with Gasteiger partial charge in [0.25, 0.3) is 0 Å². The van der Waals surface area contributed by atoms with Crippen LogP contribution < -0.4 is 4.74 Å². The summed E-state index contributed by atoms with van der Waals surface area (Å²) in [6.45, 7) is 4.50. The third-order valence-corrected chi connectivity index (χ3v) is 11.3. The number of nitrogens with zero attached hydrogens (tertiary/aromatic N) is 2. The largest absolute Gasteiger partial charge is 0.490 e. The number of pyridine rings is 1. The molecular formula is C42H57ClN2O8. The zero-order valence-electron chi connectivity index (χ0n) is 31.2. The van der Waals surface area contributed by atoms with Gasteiger partial charge in [0.05, 0.1) is 12.7 Å². The van der Waals surface area contributed by atoms with Crippen molar-refractivity contribution in [3.05, 3.63) is 82.6 Å². The van der Waals surface area contributed by atoms with E-state index in [0.717, 1.165) is 72.4 Å². The summed E-state index contributed by atoms with van der Waals surface area (Å²) in [5.74, 6) is 0.814. The molecule has 6 N–H and O–H groups in total. The van der Waals surface area contributed by atoms with Crippen LogP contribution in [0.3, 0.4) is 0 Å². The molecule has 10 nitrogen and oxygen atoms in total. The molecule has 2 fully saturated rings. The first-order valence-electron chi connectivity index (χ1n) is 19.0. The highest BCUT2D eigenvalue weighted by atomic mass is 35.5. The number of aryl methyl sites for hydroxylation is 1. The minimum absolute atomic E-state index is 0.0262. The monoisotopic (exact) mass is 752 g/mol. The zero-order chi connectivity index (χ0) is 38.3. The van der Waals surface area contributed by atoms with Crippen molar-refractivity contribution in [3.63, 3.8) is 0 Å². The summed E-state index contributed by atoms with van der Waals surface area (Å²) in [7, 11) is 0. The number of ether oxygens (including phenoxy) is 1. The molecule has 0 aliphatic heterocycles.